The number of aliphatic carboxylic acids is 1. The van der Waals surface area contributed by atoms with E-state index in [0.29, 0.717) is 10.8 Å². The molecular weight excluding hydrogens is 286 g/mol. The van der Waals surface area contributed by atoms with Crippen molar-refractivity contribution >= 4 is 23.5 Å². The lowest BCUT2D eigenvalue weighted by Gasteiger charge is -2.21. The van der Waals surface area contributed by atoms with E-state index >= 15 is 0 Å². The maximum atomic E-state index is 11.9. The van der Waals surface area contributed by atoms with Gasteiger partial charge in [0.05, 0.1) is 18.1 Å². The number of halogens is 1. The molecule has 0 radical (unpaired) electrons. The minimum atomic E-state index is -1.01. The quantitative estimate of drug-likeness (QED) is 0.748. The topological polar surface area (TPSA) is 87.1 Å². The lowest BCUT2D eigenvalue weighted by molar-refractivity contribution is -0.139. The van der Waals surface area contributed by atoms with Gasteiger partial charge in [0.1, 0.15) is 5.75 Å². The number of rotatable bonds is 8. The molecule has 0 saturated heterocycles. The molecule has 110 valence electrons. The van der Waals surface area contributed by atoms with E-state index in [2.05, 4.69) is 0 Å². The number of carbonyl (C=O) groups is 2. The fourth-order valence-corrected chi connectivity index (χ4v) is 1.70. The van der Waals surface area contributed by atoms with Crippen LogP contribution in [0.5, 0.6) is 5.75 Å². The molecule has 6 nitrogen and oxygen atoms in total. The van der Waals surface area contributed by atoms with Gasteiger partial charge in [0.25, 0.3) is 5.91 Å². The van der Waals surface area contributed by atoms with Gasteiger partial charge >= 0.3 is 5.97 Å². The molecule has 0 unspecified atom stereocenters. The standard InChI is InChI=1S/C13H16ClNO5/c14-10-3-1-2-4-11(10)20-9-12(17)15(7-8-16)6-5-13(18)19/h1-4,16H,5-9H2,(H,18,19). The SMILES string of the molecule is O=C(O)CCN(CCO)C(=O)COc1ccccc1Cl. The average Bonchev–Trinajstić information content (AvgIpc) is 2.42. The van der Waals surface area contributed by atoms with Crippen LogP contribution in [-0.2, 0) is 9.59 Å². The second kappa shape index (κ2) is 8.39. The van der Waals surface area contributed by atoms with Crippen molar-refractivity contribution < 1.29 is 24.5 Å². The summed E-state index contributed by atoms with van der Waals surface area (Å²) < 4.78 is 5.28. The van der Waals surface area contributed by atoms with Crippen molar-refractivity contribution in [2.75, 3.05) is 26.3 Å². The molecule has 0 saturated carbocycles. The summed E-state index contributed by atoms with van der Waals surface area (Å²) in [5.41, 5.74) is 0. The first-order valence-corrected chi connectivity index (χ1v) is 6.40. The Morgan fingerprint density at radius 3 is 2.55 bits per heavy atom. The van der Waals surface area contributed by atoms with Crippen LogP contribution in [0.2, 0.25) is 5.02 Å². The fourth-order valence-electron chi connectivity index (χ4n) is 1.51. The highest BCUT2D eigenvalue weighted by molar-refractivity contribution is 6.32. The highest BCUT2D eigenvalue weighted by Crippen LogP contribution is 2.22. The smallest absolute Gasteiger partial charge is 0.305 e. The van der Waals surface area contributed by atoms with Crippen LogP contribution < -0.4 is 4.74 Å². The number of carboxylic acids is 1. The molecule has 0 bridgehead atoms. The zero-order valence-electron chi connectivity index (χ0n) is 10.8. The number of amides is 1. The number of aliphatic hydroxyl groups excluding tert-OH is 1. The van der Waals surface area contributed by atoms with Crippen LogP contribution in [0.3, 0.4) is 0 Å². The van der Waals surface area contributed by atoms with Crippen LogP contribution in [-0.4, -0.2) is 53.3 Å². The molecule has 0 heterocycles. The van der Waals surface area contributed by atoms with E-state index in [-0.39, 0.29) is 32.7 Å². The Bertz CT molecular complexity index is 466. The van der Waals surface area contributed by atoms with Gasteiger partial charge in [-0.05, 0) is 12.1 Å². The molecule has 1 rings (SSSR count). The lowest BCUT2D eigenvalue weighted by atomic mass is 10.3. The van der Waals surface area contributed by atoms with Gasteiger partial charge in [-0.3, -0.25) is 9.59 Å². The third-order valence-electron chi connectivity index (χ3n) is 2.51. The molecule has 1 aromatic rings. The number of benzene rings is 1. The van der Waals surface area contributed by atoms with Gasteiger partial charge in [-0.2, -0.15) is 0 Å². The summed E-state index contributed by atoms with van der Waals surface area (Å²) in [6.07, 6.45) is -0.183. The molecule has 1 amide bonds. The molecule has 2 N–H and O–H groups in total. The van der Waals surface area contributed by atoms with Crippen LogP contribution in [0.1, 0.15) is 6.42 Å². The maximum absolute atomic E-state index is 11.9. The van der Waals surface area contributed by atoms with Gasteiger partial charge in [-0.15, -0.1) is 0 Å². The van der Waals surface area contributed by atoms with Crippen molar-refractivity contribution in [2.45, 2.75) is 6.42 Å². The third kappa shape index (κ3) is 5.46. The van der Waals surface area contributed by atoms with Gasteiger partial charge < -0.3 is 19.8 Å². The van der Waals surface area contributed by atoms with Gasteiger partial charge in [0, 0.05) is 13.1 Å². The number of nitrogens with zero attached hydrogens (tertiary/aromatic N) is 1. The van der Waals surface area contributed by atoms with Crippen molar-refractivity contribution in [3.8, 4) is 5.75 Å². The molecule has 1 aromatic carbocycles. The van der Waals surface area contributed by atoms with Gasteiger partial charge in [0.15, 0.2) is 6.61 Å². The van der Waals surface area contributed by atoms with Crippen LogP contribution in [0, 0.1) is 0 Å². The van der Waals surface area contributed by atoms with Crippen LogP contribution in [0.25, 0.3) is 0 Å². The second-order valence-corrected chi connectivity index (χ2v) is 4.37. The zero-order chi connectivity index (χ0) is 15.0. The van der Waals surface area contributed by atoms with Crippen LogP contribution in [0.4, 0.5) is 0 Å². The first-order chi connectivity index (χ1) is 9.54. The number of carboxylic acid groups (broad SMARTS) is 1. The van der Waals surface area contributed by atoms with E-state index in [9.17, 15) is 9.59 Å². The lowest BCUT2D eigenvalue weighted by Crippen LogP contribution is -2.38. The second-order valence-electron chi connectivity index (χ2n) is 3.97. The van der Waals surface area contributed by atoms with Crippen molar-refractivity contribution in [3.05, 3.63) is 29.3 Å². The third-order valence-corrected chi connectivity index (χ3v) is 2.82. The number of ether oxygens (including phenoxy) is 1. The van der Waals surface area contributed by atoms with E-state index < -0.39 is 11.9 Å². The van der Waals surface area contributed by atoms with Crippen LogP contribution >= 0.6 is 11.6 Å². The largest absolute Gasteiger partial charge is 0.482 e. The minimum Gasteiger partial charge on any atom is -0.482 e. The molecule has 0 spiro atoms. The van der Waals surface area contributed by atoms with Crippen molar-refractivity contribution in [2.24, 2.45) is 0 Å². The predicted octanol–water partition coefficient (Wildman–Crippen LogP) is 1.01. The van der Waals surface area contributed by atoms with Gasteiger partial charge in [0.2, 0.25) is 0 Å². The Morgan fingerprint density at radius 1 is 1.25 bits per heavy atom. The predicted molar refractivity (Wildman–Crippen MR) is 72.9 cm³/mol. The van der Waals surface area contributed by atoms with E-state index in [1.54, 1.807) is 24.3 Å². The number of para-hydroxylation sites is 1. The minimum absolute atomic E-state index is 0.0284. The summed E-state index contributed by atoms with van der Waals surface area (Å²) in [6, 6.07) is 6.73. The molecule has 0 atom stereocenters. The highest BCUT2D eigenvalue weighted by atomic mass is 35.5. The Labute approximate surface area is 121 Å². The Balaban J connectivity index is 2.53. The van der Waals surface area contributed by atoms with Gasteiger partial charge in [-0.25, -0.2) is 0 Å². The molecule has 0 aliphatic rings. The molecule has 0 aliphatic heterocycles. The number of hydrogen-bond acceptors (Lipinski definition) is 4. The molecule has 0 fully saturated rings. The monoisotopic (exact) mass is 301 g/mol. The number of aliphatic hydroxyl groups is 1. The van der Waals surface area contributed by atoms with E-state index in [0.717, 1.165) is 0 Å². The zero-order valence-corrected chi connectivity index (χ0v) is 11.5. The molecule has 0 aliphatic carbocycles. The normalized spacial score (nSPS) is 10.1. The number of carbonyl (C=O) groups excluding carboxylic acids is 1. The Hall–Kier alpha value is -1.79. The molecule has 20 heavy (non-hydrogen) atoms. The first-order valence-electron chi connectivity index (χ1n) is 6.02. The summed E-state index contributed by atoms with van der Waals surface area (Å²) in [5, 5.41) is 17.9. The van der Waals surface area contributed by atoms with Gasteiger partial charge in [-0.1, -0.05) is 23.7 Å². The first kappa shape index (κ1) is 16.3. The molecule has 7 heteroatoms. The fraction of sp³-hybridized carbons (Fsp3) is 0.385. The Morgan fingerprint density at radius 2 is 1.95 bits per heavy atom. The summed E-state index contributed by atoms with van der Waals surface area (Å²) >= 11 is 5.88. The van der Waals surface area contributed by atoms with E-state index in [1.807, 2.05) is 0 Å². The summed E-state index contributed by atoms with van der Waals surface area (Å²) in [5.74, 6) is -1.03. The average molecular weight is 302 g/mol. The summed E-state index contributed by atoms with van der Waals surface area (Å²) in [6.45, 7) is -0.403. The molecule has 0 aromatic heterocycles. The highest BCUT2D eigenvalue weighted by Gasteiger charge is 2.15. The molecular formula is C13H16ClNO5. The van der Waals surface area contributed by atoms with Crippen molar-refractivity contribution in [1.29, 1.82) is 0 Å². The van der Waals surface area contributed by atoms with Crippen molar-refractivity contribution in [1.82, 2.24) is 4.90 Å². The summed E-state index contributed by atoms with van der Waals surface area (Å²) in [4.78, 5) is 23.6. The van der Waals surface area contributed by atoms with Crippen LogP contribution in [0.15, 0.2) is 24.3 Å². The Kier molecular flexibility index (Phi) is 6.83. The number of hydrogen-bond donors (Lipinski definition) is 2. The summed E-state index contributed by atoms with van der Waals surface area (Å²) in [7, 11) is 0. The van der Waals surface area contributed by atoms with E-state index in [4.69, 9.17) is 26.6 Å². The van der Waals surface area contributed by atoms with E-state index in [1.165, 1.54) is 4.90 Å². The van der Waals surface area contributed by atoms with Crippen molar-refractivity contribution in [3.63, 3.8) is 0 Å². The maximum Gasteiger partial charge on any atom is 0.305 e.